The summed E-state index contributed by atoms with van der Waals surface area (Å²) in [7, 11) is 1.60. The smallest absolute Gasteiger partial charge is 0.335 e. The van der Waals surface area contributed by atoms with Crippen molar-refractivity contribution in [2.75, 3.05) is 26.7 Å². The molecule has 0 amide bonds. The van der Waals surface area contributed by atoms with E-state index in [9.17, 15) is 15.0 Å². The Balaban J connectivity index is 1.28. The van der Waals surface area contributed by atoms with Crippen molar-refractivity contribution >= 4 is 23.1 Å². The van der Waals surface area contributed by atoms with E-state index in [1.807, 2.05) is 42.5 Å². The third-order valence-electron chi connectivity index (χ3n) is 9.38. The summed E-state index contributed by atoms with van der Waals surface area (Å²) in [5, 5.41) is 22.2. The molecule has 1 saturated carbocycles. The number of hydrogen-bond acceptors (Lipinski definition) is 6. The average molecular weight is 563 g/mol. The number of aliphatic carboxylic acids is 1. The van der Waals surface area contributed by atoms with Crippen molar-refractivity contribution in [3.63, 3.8) is 0 Å². The van der Waals surface area contributed by atoms with Gasteiger partial charge in [-0.3, -0.25) is 0 Å². The first-order chi connectivity index (χ1) is 19.1. The fourth-order valence-corrected chi connectivity index (χ4v) is 7.27. The highest BCUT2D eigenvalue weighted by atomic mass is 35.5. The number of carboxylic acid groups (broad SMARTS) is 1. The first kappa shape index (κ1) is 27.2. The predicted molar refractivity (Wildman–Crippen MR) is 153 cm³/mol. The van der Waals surface area contributed by atoms with Gasteiger partial charge in [-0.15, -0.1) is 0 Å². The molecule has 1 aromatic carbocycles. The van der Waals surface area contributed by atoms with Crippen LogP contribution < -0.4 is 4.74 Å². The SMILES string of the molecule is COc1nccc2c1COC1C3C=CC(C(=O)O)=CC31/C2=C/CCN1CCC(O)(c2ccc(Cl)cc2)C(C)(C)C1. The highest BCUT2D eigenvalue weighted by molar-refractivity contribution is 6.30. The number of pyridine rings is 1. The van der Waals surface area contributed by atoms with Crippen LogP contribution in [0.2, 0.25) is 5.02 Å². The highest BCUT2D eigenvalue weighted by Gasteiger charge is 2.67. The number of halogens is 1. The van der Waals surface area contributed by atoms with E-state index in [1.54, 1.807) is 19.4 Å². The van der Waals surface area contributed by atoms with Crippen LogP contribution in [-0.4, -0.2) is 58.9 Å². The number of fused-ring (bicyclic) bond motifs is 2. The number of nitrogens with zero attached hydrogens (tertiary/aromatic N) is 2. The Morgan fingerprint density at radius 1 is 1.27 bits per heavy atom. The fraction of sp³-hybridized carbons (Fsp3) is 0.438. The zero-order valence-electron chi connectivity index (χ0n) is 23.1. The molecule has 3 heterocycles. The lowest BCUT2D eigenvalue weighted by Crippen LogP contribution is -2.55. The first-order valence-electron chi connectivity index (χ1n) is 13.8. The normalized spacial score (nSPS) is 31.4. The lowest BCUT2D eigenvalue weighted by molar-refractivity contribution is -0.132. The average Bonchev–Trinajstić information content (AvgIpc) is 3.61. The van der Waals surface area contributed by atoms with Crippen LogP contribution in [-0.2, 0) is 21.7 Å². The molecular weight excluding hydrogens is 528 g/mol. The van der Waals surface area contributed by atoms with Gasteiger partial charge in [-0.05, 0) is 47.7 Å². The molecule has 2 aromatic rings. The van der Waals surface area contributed by atoms with Crippen LogP contribution in [0.5, 0.6) is 5.88 Å². The molecule has 2 aliphatic carbocycles. The number of benzene rings is 1. The Morgan fingerprint density at radius 2 is 2.05 bits per heavy atom. The van der Waals surface area contributed by atoms with Crippen LogP contribution in [0.25, 0.3) is 5.57 Å². The van der Waals surface area contributed by atoms with E-state index >= 15 is 0 Å². The maximum Gasteiger partial charge on any atom is 0.335 e. The number of ether oxygens (including phenoxy) is 2. The van der Waals surface area contributed by atoms with Gasteiger partial charge in [0.1, 0.15) is 0 Å². The van der Waals surface area contributed by atoms with Crippen LogP contribution in [0, 0.1) is 16.7 Å². The quantitative estimate of drug-likeness (QED) is 0.498. The Kier molecular flexibility index (Phi) is 6.69. The molecule has 40 heavy (non-hydrogen) atoms. The Bertz CT molecular complexity index is 1430. The first-order valence-corrected chi connectivity index (χ1v) is 14.2. The number of likely N-dealkylation sites (tertiary alicyclic amines) is 1. The summed E-state index contributed by atoms with van der Waals surface area (Å²) in [6, 6.07) is 9.52. The molecule has 1 aromatic heterocycles. The van der Waals surface area contributed by atoms with Crippen molar-refractivity contribution < 1.29 is 24.5 Å². The van der Waals surface area contributed by atoms with Gasteiger partial charge in [-0.2, -0.15) is 0 Å². The third kappa shape index (κ3) is 4.22. The monoisotopic (exact) mass is 562 g/mol. The van der Waals surface area contributed by atoms with Gasteiger partial charge in [0.05, 0.1) is 36.4 Å². The molecular formula is C32H35ClN2O5. The second-order valence-corrected chi connectivity index (χ2v) is 12.4. The largest absolute Gasteiger partial charge is 0.481 e. The van der Waals surface area contributed by atoms with Crippen molar-refractivity contribution in [2.45, 2.75) is 45.0 Å². The van der Waals surface area contributed by atoms with Gasteiger partial charge < -0.3 is 24.6 Å². The molecule has 6 rings (SSSR count). The van der Waals surface area contributed by atoms with E-state index in [2.05, 4.69) is 29.8 Å². The fourth-order valence-electron chi connectivity index (χ4n) is 7.14. The molecule has 2 fully saturated rings. The molecule has 2 N–H and O–H groups in total. The minimum absolute atomic E-state index is 0.0949. The molecule has 0 radical (unpaired) electrons. The Morgan fingerprint density at radius 3 is 2.75 bits per heavy atom. The molecule has 4 atom stereocenters. The molecule has 4 unspecified atom stereocenters. The van der Waals surface area contributed by atoms with Gasteiger partial charge in [0, 0.05) is 47.8 Å². The number of hydrogen-bond donors (Lipinski definition) is 2. The summed E-state index contributed by atoms with van der Waals surface area (Å²) in [5.41, 5.74) is 2.34. The minimum atomic E-state index is -0.937. The molecule has 210 valence electrons. The van der Waals surface area contributed by atoms with Crippen LogP contribution in [0.3, 0.4) is 0 Å². The van der Waals surface area contributed by atoms with Crippen molar-refractivity contribution in [3.8, 4) is 5.88 Å². The van der Waals surface area contributed by atoms with Gasteiger partial charge in [-0.25, -0.2) is 9.78 Å². The zero-order chi connectivity index (χ0) is 28.3. The van der Waals surface area contributed by atoms with E-state index in [-0.39, 0.29) is 23.0 Å². The minimum Gasteiger partial charge on any atom is -0.481 e. The number of aliphatic hydroxyl groups is 1. The van der Waals surface area contributed by atoms with Crippen LogP contribution in [0.4, 0.5) is 0 Å². The number of rotatable bonds is 6. The summed E-state index contributed by atoms with van der Waals surface area (Å²) < 4.78 is 11.9. The van der Waals surface area contributed by atoms with Gasteiger partial charge in [0.15, 0.2) is 0 Å². The topological polar surface area (TPSA) is 92.1 Å². The summed E-state index contributed by atoms with van der Waals surface area (Å²) >= 11 is 6.10. The number of methoxy groups -OCH3 is 1. The maximum absolute atomic E-state index is 11.9. The molecule has 8 heteroatoms. The third-order valence-corrected chi connectivity index (χ3v) is 9.63. The van der Waals surface area contributed by atoms with Gasteiger partial charge in [0.25, 0.3) is 0 Å². The van der Waals surface area contributed by atoms with Gasteiger partial charge in [0.2, 0.25) is 5.88 Å². The van der Waals surface area contributed by atoms with Gasteiger partial charge in [-0.1, -0.05) is 61.9 Å². The zero-order valence-corrected chi connectivity index (χ0v) is 23.8. The summed E-state index contributed by atoms with van der Waals surface area (Å²) in [6.45, 7) is 6.93. The molecule has 2 aliphatic heterocycles. The number of aromatic nitrogens is 1. The molecule has 1 spiro atoms. The highest BCUT2D eigenvalue weighted by Crippen LogP contribution is 2.68. The molecule has 7 nitrogen and oxygen atoms in total. The number of carbonyl (C=O) groups is 1. The number of carboxylic acids is 1. The predicted octanol–water partition coefficient (Wildman–Crippen LogP) is 5.23. The second kappa shape index (κ2) is 9.84. The van der Waals surface area contributed by atoms with Crippen LogP contribution >= 0.6 is 11.6 Å². The summed E-state index contributed by atoms with van der Waals surface area (Å²) in [6.07, 6.45) is 10.8. The Labute approximate surface area is 239 Å². The lowest BCUT2D eigenvalue weighted by atomic mass is 9.66. The van der Waals surface area contributed by atoms with E-state index in [0.29, 0.717) is 23.9 Å². The molecule has 1 saturated heterocycles. The summed E-state index contributed by atoms with van der Waals surface area (Å²) in [5.74, 6) is -0.308. The van der Waals surface area contributed by atoms with Crippen LogP contribution in [0.1, 0.15) is 43.4 Å². The molecule has 0 bridgehead atoms. The lowest BCUT2D eigenvalue weighted by Gasteiger charge is -2.50. The summed E-state index contributed by atoms with van der Waals surface area (Å²) in [4.78, 5) is 18.7. The van der Waals surface area contributed by atoms with E-state index in [0.717, 1.165) is 48.3 Å². The van der Waals surface area contributed by atoms with Crippen LogP contribution in [0.15, 0.2) is 66.4 Å². The van der Waals surface area contributed by atoms with Gasteiger partial charge >= 0.3 is 5.97 Å². The van der Waals surface area contributed by atoms with Crippen molar-refractivity contribution in [3.05, 3.63) is 88.1 Å². The maximum atomic E-state index is 11.9. The molecule has 4 aliphatic rings. The standard InChI is InChI=1S/C32H35ClN2O5/c1-30(2)19-35(16-13-32(30,38)21-7-9-22(33)10-8-21)15-4-5-25-23-12-14-34-28(39-3)24(23)18-40-27-26-11-6-20(29(36)37)17-31(25,26)27/h5-12,14,17,26-27,38H,4,13,15-16,18-19H2,1-3H3,(H,36,37)/b25-5+. The van der Waals surface area contributed by atoms with E-state index in [1.165, 1.54) is 0 Å². The van der Waals surface area contributed by atoms with Crippen molar-refractivity contribution in [1.82, 2.24) is 9.88 Å². The Hall–Kier alpha value is -2.97. The van der Waals surface area contributed by atoms with Crippen molar-refractivity contribution in [2.24, 2.45) is 16.7 Å². The second-order valence-electron chi connectivity index (χ2n) is 12.0. The van der Waals surface area contributed by atoms with E-state index < -0.39 is 17.0 Å². The number of piperidine rings is 1. The van der Waals surface area contributed by atoms with Crippen molar-refractivity contribution in [1.29, 1.82) is 0 Å². The van der Waals surface area contributed by atoms with E-state index in [4.69, 9.17) is 21.1 Å².